The maximum absolute atomic E-state index is 12.2. The van der Waals surface area contributed by atoms with Crippen molar-refractivity contribution in [1.82, 2.24) is 15.3 Å². The first-order chi connectivity index (χ1) is 10.2. The zero-order valence-electron chi connectivity index (χ0n) is 12.3. The average molecular weight is 284 g/mol. The Hall–Kier alpha value is -2.43. The number of hydrogen-bond acceptors (Lipinski definition) is 4. The summed E-state index contributed by atoms with van der Waals surface area (Å²) < 4.78 is 0. The molecule has 0 aromatic carbocycles. The summed E-state index contributed by atoms with van der Waals surface area (Å²) in [5.41, 5.74) is 1.57. The second-order valence-corrected chi connectivity index (χ2v) is 4.83. The van der Waals surface area contributed by atoms with Gasteiger partial charge in [0.15, 0.2) is 0 Å². The summed E-state index contributed by atoms with van der Waals surface area (Å²) in [7, 11) is 0. The third-order valence-electron chi connectivity index (χ3n) is 3.14. The predicted molar refractivity (Wildman–Crippen MR) is 83.1 cm³/mol. The van der Waals surface area contributed by atoms with Crippen molar-refractivity contribution in [2.75, 3.05) is 11.9 Å². The molecule has 0 saturated heterocycles. The van der Waals surface area contributed by atoms with Gasteiger partial charge in [-0.05, 0) is 43.2 Å². The highest BCUT2D eigenvalue weighted by atomic mass is 16.1. The Bertz CT molecular complexity index is 569. The summed E-state index contributed by atoms with van der Waals surface area (Å²) in [6.07, 6.45) is 6.06. The molecule has 0 fully saturated rings. The molecule has 110 valence electrons. The van der Waals surface area contributed by atoms with E-state index in [1.54, 1.807) is 24.7 Å². The fraction of sp³-hybridized carbons (Fsp3) is 0.312. The lowest BCUT2D eigenvalue weighted by Gasteiger charge is -2.14. The van der Waals surface area contributed by atoms with Gasteiger partial charge in [-0.2, -0.15) is 0 Å². The third-order valence-corrected chi connectivity index (χ3v) is 3.14. The van der Waals surface area contributed by atoms with Crippen LogP contribution < -0.4 is 10.6 Å². The number of carbonyl (C=O) groups excluding carboxylic acids is 1. The molecule has 1 atom stereocenters. The largest absolute Gasteiger partial charge is 0.370 e. The molecule has 5 heteroatoms. The maximum Gasteiger partial charge on any atom is 0.253 e. The summed E-state index contributed by atoms with van der Waals surface area (Å²) in [6, 6.07) is 7.31. The Balaban J connectivity index is 1.97. The first-order valence-electron chi connectivity index (χ1n) is 7.11. The highest BCUT2D eigenvalue weighted by Crippen LogP contribution is 2.12. The van der Waals surface area contributed by atoms with E-state index in [2.05, 4.69) is 27.5 Å². The van der Waals surface area contributed by atoms with Gasteiger partial charge in [0.2, 0.25) is 0 Å². The van der Waals surface area contributed by atoms with Crippen LogP contribution >= 0.6 is 0 Å². The summed E-state index contributed by atoms with van der Waals surface area (Å²) in [4.78, 5) is 20.4. The topological polar surface area (TPSA) is 66.9 Å². The van der Waals surface area contributed by atoms with Gasteiger partial charge < -0.3 is 10.6 Å². The molecule has 2 N–H and O–H groups in total. The molecule has 0 spiro atoms. The quantitative estimate of drug-likeness (QED) is 0.856. The second-order valence-electron chi connectivity index (χ2n) is 4.83. The smallest absolute Gasteiger partial charge is 0.253 e. The molecule has 2 heterocycles. The van der Waals surface area contributed by atoms with Crippen molar-refractivity contribution in [3.05, 3.63) is 54.0 Å². The molecule has 1 amide bonds. The van der Waals surface area contributed by atoms with Crippen LogP contribution in [0.4, 0.5) is 5.82 Å². The lowest BCUT2D eigenvalue weighted by Crippen LogP contribution is -2.26. The van der Waals surface area contributed by atoms with Gasteiger partial charge in [-0.3, -0.25) is 9.78 Å². The van der Waals surface area contributed by atoms with E-state index in [1.165, 1.54) is 0 Å². The molecule has 0 bridgehead atoms. The lowest BCUT2D eigenvalue weighted by atomic mass is 10.1. The molecule has 21 heavy (non-hydrogen) atoms. The van der Waals surface area contributed by atoms with E-state index in [1.807, 2.05) is 25.1 Å². The van der Waals surface area contributed by atoms with Gasteiger partial charge in [-0.15, -0.1) is 0 Å². The zero-order valence-corrected chi connectivity index (χ0v) is 12.3. The fourth-order valence-corrected chi connectivity index (χ4v) is 1.90. The van der Waals surface area contributed by atoms with Gasteiger partial charge in [0.05, 0.1) is 11.6 Å². The molecule has 0 saturated carbocycles. The molecule has 2 aromatic heterocycles. The monoisotopic (exact) mass is 284 g/mol. The summed E-state index contributed by atoms with van der Waals surface area (Å²) >= 11 is 0. The Morgan fingerprint density at radius 2 is 2.00 bits per heavy atom. The number of pyridine rings is 2. The minimum absolute atomic E-state index is 0.0709. The molecule has 2 rings (SSSR count). The van der Waals surface area contributed by atoms with Crippen LogP contribution in [0.2, 0.25) is 0 Å². The molecule has 0 aliphatic heterocycles. The highest BCUT2D eigenvalue weighted by Gasteiger charge is 2.11. The van der Waals surface area contributed by atoms with Crippen LogP contribution in [0.25, 0.3) is 0 Å². The molecular formula is C16H20N4O. The van der Waals surface area contributed by atoms with E-state index >= 15 is 0 Å². The van der Waals surface area contributed by atoms with E-state index in [0.29, 0.717) is 5.56 Å². The van der Waals surface area contributed by atoms with Gasteiger partial charge in [-0.25, -0.2) is 4.98 Å². The summed E-state index contributed by atoms with van der Waals surface area (Å²) in [5, 5.41) is 6.13. The van der Waals surface area contributed by atoms with Crippen LogP contribution in [0.5, 0.6) is 0 Å². The number of nitrogens with one attached hydrogen (secondary N) is 2. The van der Waals surface area contributed by atoms with E-state index < -0.39 is 0 Å². The minimum atomic E-state index is -0.131. The van der Waals surface area contributed by atoms with Crippen molar-refractivity contribution in [2.45, 2.75) is 26.3 Å². The lowest BCUT2D eigenvalue weighted by molar-refractivity contribution is 0.0939. The number of rotatable bonds is 6. The first-order valence-corrected chi connectivity index (χ1v) is 7.11. The minimum Gasteiger partial charge on any atom is -0.370 e. The van der Waals surface area contributed by atoms with Crippen molar-refractivity contribution in [3.8, 4) is 0 Å². The maximum atomic E-state index is 12.2. The number of anilines is 1. The van der Waals surface area contributed by atoms with Crippen molar-refractivity contribution in [1.29, 1.82) is 0 Å². The Kier molecular flexibility index (Phi) is 5.26. The van der Waals surface area contributed by atoms with E-state index in [-0.39, 0.29) is 11.9 Å². The Morgan fingerprint density at radius 1 is 1.24 bits per heavy atom. The van der Waals surface area contributed by atoms with E-state index in [4.69, 9.17) is 0 Å². The molecule has 2 aromatic rings. The van der Waals surface area contributed by atoms with Gasteiger partial charge in [0.1, 0.15) is 5.82 Å². The van der Waals surface area contributed by atoms with Crippen molar-refractivity contribution < 1.29 is 4.79 Å². The molecular weight excluding hydrogens is 264 g/mol. The van der Waals surface area contributed by atoms with Crippen molar-refractivity contribution in [3.63, 3.8) is 0 Å². The Morgan fingerprint density at radius 3 is 2.62 bits per heavy atom. The number of hydrogen-bond donors (Lipinski definition) is 2. The van der Waals surface area contributed by atoms with E-state index in [9.17, 15) is 4.79 Å². The zero-order chi connectivity index (χ0) is 15.1. The molecule has 0 radical (unpaired) electrons. The van der Waals surface area contributed by atoms with E-state index in [0.717, 1.165) is 24.3 Å². The average Bonchev–Trinajstić information content (AvgIpc) is 2.54. The normalized spacial score (nSPS) is 11.7. The van der Waals surface area contributed by atoms with Gasteiger partial charge in [0, 0.05) is 25.1 Å². The predicted octanol–water partition coefficient (Wildman–Crippen LogP) is 2.79. The molecule has 1 unspecified atom stereocenters. The molecule has 5 nitrogen and oxygen atoms in total. The number of aromatic nitrogens is 2. The standard InChI is InChI=1S/C16H20N4O/c1-3-8-18-15-5-4-14(11-19-15)16(21)20-12(2)13-6-9-17-10-7-13/h4-7,9-12H,3,8H2,1-2H3,(H,18,19)(H,20,21). The van der Waals surface area contributed by atoms with Gasteiger partial charge >= 0.3 is 0 Å². The highest BCUT2D eigenvalue weighted by molar-refractivity contribution is 5.94. The van der Waals surface area contributed by atoms with Gasteiger partial charge in [-0.1, -0.05) is 6.92 Å². The third kappa shape index (κ3) is 4.27. The second kappa shape index (κ2) is 7.38. The number of carbonyl (C=O) groups is 1. The van der Waals surface area contributed by atoms with Gasteiger partial charge in [0.25, 0.3) is 5.91 Å². The Labute approximate surface area is 124 Å². The van der Waals surface area contributed by atoms with Crippen LogP contribution in [0, 0.1) is 0 Å². The van der Waals surface area contributed by atoms with Crippen LogP contribution in [-0.2, 0) is 0 Å². The summed E-state index contributed by atoms with van der Waals surface area (Å²) in [6.45, 7) is 4.91. The number of nitrogens with zero attached hydrogens (tertiary/aromatic N) is 2. The summed E-state index contributed by atoms with van der Waals surface area (Å²) in [5.74, 6) is 0.657. The van der Waals surface area contributed by atoms with Crippen LogP contribution in [0.15, 0.2) is 42.9 Å². The van der Waals surface area contributed by atoms with Crippen LogP contribution in [0.3, 0.4) is 0 Å². The van der Waals surface area contributed by atoms with Crippen LogP contribution in [0.1, 0.15) is 42.2 Å². The molecule has 0 aliphatic rings. The first kappa shape index (κ1) is 15.0. The van der Waals surface area contributed by atoms with Crippen LogP contribution in [-0.4, -0.2) is 22.4 Å². The van der Waals surface area contributed by atoms with Crippen molar-refractivity contribution >= 4 is 11.7 Å². The fourth-order valence-electron chi connectivity index (χ4n) is 1.90. The SMILES string of the molecule is CCCNc1ccc(C(=O)NC(C)c2ccncc2)cn1. The number of amides is 1. The van der Waals surface area contributed by atoms with Crippen molar-refractivity contribution in [2.24, 2.45) is 0 Å². The molecule has 0 aliphatic carbocycles.